The molecule has 25 heavy (non-hydrogen) atoms. The van der Waals surface area contributed by atoms with Crippen LogP contribution < -0.4 is 0 Å². The van der Waals surface area contributed by atoms with Gasteiger partial charge in [-0.15, -0.1) is 7.53 Å². The van der Waals surface area contributed by atoms with Crippen molar-refractivity contribution in [2.24, 2.45) is 6.66 Å². The molecule has 0 bridgehead atoms. The molecule has 0 saturated carbocycles. The highest BCUT2D eigenvalue weighted by Gasteiger charge is 2.14. The fourth-order valence-corrected chi connectivity index (χ4v) is 5.79. The van der Waals surface area contributed by atoms with E-state index in [1.165, 1.54) is 26.6 Å². The van der Waals surface area contributed by atoms with Crippen LogP contribution in [0.2, 0.25) is 0 Å². The van der Waals surface area contributed by atoms with E-state index in [1.54, 1.807) is 6.20 Å². The maximum absolute atomic E-state index is 4.90. The number of hydrogen-bond acceptors (Lipinski definition) is 2. The molecule has 1 atom stereocenters. The number of fused-ring (bicyclic) bond motifs is 3. The van der Waals surface area contributed by atoms with E-state index >= 15 is 0 Å². The molecule has 0 aliphatic carbocycles. The Hall–Kier alpha value is -2.90. The standard InChI is InChI=1S/C21H16N3P/c1-25-20-11-3-2-6-14(20)15-7-4-8-16(21(15)25)17-9-5-10-18(23-17)19-12-13-22-24-19/h2-13H,1H3,(H,22,24). The van der Waals surface area contributed by atoms with Crippen LogP contribution in [-0.4, -0.2) is 15.2 Å². The number of H-pyrrole nitrogens is 1. The monoisotopic (exact) mass is 341 g/mol. The molecule has 3 heterocycles. The third kappa shape index (κ3) is 2.20. The molecule has 0 aliphatic rings. The molecule has 0 radical (unpaired) electrons. The molecule has 1 N–H and O–H groups in total. The lowest BCUT2D eigenvalue weighted by Gasteiger charge is -2.07. The van der Waals surface area contributed by atoms with Gasteiger partial charge in [0.25, 0.3) is 0 Å². The number of hydrogen-bond donors (Lipinski definition) is 1. The molecular weight excluding hydrogens is 325 g/mol. The van der Waals surface area contributed by atoms with Crippen LogP contribution in [0.3, 0.4) is 0 Å². The summed E-state index contributed by atoms with van der Waals surface area (Å²) in [5.74, 6) is 0. The highest BCUT2D eigenvalue weighted by molar-refractivity contribution is 7.60. The number of pyridine rings is 1. The van der Waals surface area contributed by atoms with Crippen LogP contribution in [0.1, 0.15) is 0 Å². The van der Waals surface area contributed by atoms with E-state index in [1.807, 2.05) is 12.1 Å². The quantitative estimate of drug-likeness (QED) is 0.430. The van der Waals surface area contributed by atoms with Crippen molar-refractivity contribution >= 4 is 28.5 Å². The van der Waals surface area contributed by atoms with E-state index in [9.17, 15) is 0 Å². The average molecular weight is 341 g/mol. The molecule has 5 aromatic rings. The zero-order valence-corrected chi connectivity index (χ0v) is 14.7. The van der Waals surface area contributed by atoms with E-state index < -0.39 is 0 Å². The highest BCUT2D eigenvalue weighted by atomic mass is 31.1. The Bertz CT molecular complexity index is 1200. The molecule has 0 amide bonds. The van der Waals surface area contributed by atoms with Gasteiger partial charge < -0.3 is 0 Å². The smallest absolute Gasteiger partial charge is 0.0887 e. The Morgan fingerprint density at radius 3 is 2.48 bits per heavy atom. The van der Waals surface area contributed by atoms with Gasteiger partial charge in [-0.05, 0) is 35.6 Å². The summed E-state index contributed by atoms with van der Waals surface area (Å²) in [4.78, 5) is 4.90. The summed E-state index contributed by atoms with van der Waals surface area (Å²) < 4.78 is 0. The van der Waals surface area contributed by atoms with Gasteiger partial charge in [0.15, 0.2) is 0 Å². The van der Waals surface area contributed by atoms with E-state index in [0.717, 1.165) is 17.1 Å². The van der Waals surface area contributed by atoms with Crippen LogP contribution >= 0.6 is 7.53 Å². The van der Waals surface area contributed by atoms with Gasteiger partial charge >= 0.3 is 0 Å². The van der Waals surface area contributed by atoms with Crippen molar-refractivity contribution in [1.82, 2.24) is 15.2 Å². The zero-order chi connectivity index (χ0) is 16.8. The van der Waals surface area contributed by atoms with Crippen LogP contribution in [-0.2, 0) is 6.66 Å². The molecular formula is C21H16N3P. The van der Waals surface area contributed by atoms with Gasteiger partial charge in [-0.25, -0.2) is 4.98 Å². The predicted octanol–water partition coefficient (Wildman–Crippen LogP) is 5.97. The number of nitrogens with one attached hydrogen (secondary N) is 1. The Morgan fingerprint density at radius 2 is 1.60 bits per heavy atom. The van der Waals surface area contributed by atoms with Crippen molar-refractivity contribution < 1.29 is 0 Å². The van der Waals surface area contributed by atoms with Crippen LogP contribution in [0.15, 0.2) is 72.9 Å². The van der Waals surface area contributed by atoms with Crippen molar-refractivity contribution in [2.45, 2.75) is 0 Å². The molecule has 4 heteroatoms. The largest absolute Gasteiger partial charge is 0.276 e. The molecule has 0 fully saturated rings. The minimum atomic E-state index is -0.356. The van der Waals surface area contributed by atoms with Gasteiger partial charge in [-0.3, -0.25) is 5.10 Å². The number of benzene rings is 2. The Labute approximate surface area is 146 Å². The summed E-state index contributed by atoms with van der Waals surface area (Å²) in [6.45, 7) is 2.35. The number of aromatic amines is 1. The Balaban J connectivity index is 1.81. The third-order valence-electron chi connectivity index (χ3n) is 4.73. The van der Waals surface area contributed by atoms with Gasteiger partial charge in [0, 0.05) is 22.0 Å². The topological polar surface area (TPSA) is 41.6 Å². The van der Waals surface area contributed by atoms with Crippen molar-refractivity contribution in [3.05, 3.63) is 72.9 Å². The summed E-state index contributed by atoms with van der Waals surface area (Å²) >= 11 is 0. The second-order valence-corrected chi connectivity index (χ2v) is 8.20. The lowest BCUT2D eigenvalue weighted by Crippen LogP contribution is -1.88. The first kappa shape index (κ1) is 14.4. The summed E-state index contributed by atoms with van der Waals surface area (Å²) in [5.41, 5.74) is 4.12. The normalized spacial score (nSPS) is 12.1. The molecule has 1 unspecified atom stereocenters. The molecule has 3 nitrogen and oxygen atoms in total. The van der Waals surface area contributed by atoms with Crippen LogP contribution in [0.5, 0.6) is 0 Å². The van der Waals surface area contributed by atoms with Gasteiger partial charge in [0.1, 0.15) is 0 Å². The first-order chi connectivity index (χ1) is 12.3. The Kier molecular flexibility index (Phi) is 3.22. The first-order valence-corrected chi connectivity index (χ1v) is 10.0. The Morgan fingerprint density at radius 1 is 0.800 bits per heavy atom. The number of nitrogens with zero attached hydrogens (tertiary/aromatic N) is 2. The zero-order valence-electron chi connectivity index (χ0n) is 13.8. The molecule has 5 rings (SSSR count). The fraction of sp³-hybridized carbons (Fsp3) is 0.0476. The summed E-state index contributed by atoms with van der Waals surface area (Å²) in [5, 5.41) is 12.7. The van der Waals surface area contributed by atoms with Crippen molar-refractivity contribution in [1.29, 1.82) is 0 Å². The van der Waals surface area contributed by atoms with Gasteiger partial charge in [0.2, 0.25) is 0 Å². The van der Waals surface area contributed by atoms with E-state index in [-0.39, 0.29) is 7.53 Å². The van der Waals surface area contributed by atoms with E-state index in [2.05, 4.69) is 71.5 Å². The highest BCUT2D eigenvalue weighted by Crippen LogP contribution is 2.50. The first-order valence-electron chi connectivity index (χ1n) is 8.26. The maximum Gasteiger partial charge on any atom is 0.0887 e. The fourth-order valence-electron chi connectivity index (χ4n) is 3.58. The number of aromatic nitrogens is 3. The average Bonchev–Trinajstić information content (AvgIpc) is 3.30. The third-order valence-corrected chi connectivity index (χ3v) is 6.99. The van der Waals surface area contributed by atoms with Crippen LogP contribution in [0.4, 0.5) is 0 Å². The molecule has 3 aromatic heterocycles. The number of rotatable bonds is 2. The van der Waals surface area contributed by atoms with E-state index in [4.69, 9.17) is 4.98 Å². The molecule has 120 valence electrons. The molecule has 0 aliphatic heterocycles. The minimum Gasteiger partial charge on any atom is -0.276 e. The van der Waals surface area contributed by atoms with Gasteiger partial charge in [-0.2, -0.15) is 5.10 Å². The second-order valence-electron chi connectivity index (χ2n) is 6.16. The van der Waals surface area contributed by atoms with Gasteiger partial charge in [-0.1, -0.05) is 48.5 Å². The predicted molar refractivity (Wildman–Crippen MR) is 106 cm³/mol. The van der Waals surface area contributed by atoms with Crippen molar-refractivity contribution in [2.75, 3.05) is 0 Å². The second kappa shape index (κ2) is 5.58. The van der Waals surface area contributed by atoms with Crippen LogP contribution in [0.25, 0.3) is 43.7 Å². The molecule has 2 aromatic carbocycles. The maximum atomic E-state index is 4.90. The SMILES string of the molecule is Cp1c2ccccc2c2cccc(-c3cccc(-c4ccn[nH]4)n3)c21. The molecule has 0 spiro atoms. The lowest BCUT2D eigenvalue weighted by molar-refractivity contribution is 1.09. The van der Waals surface area contributed by atoms with Crippen molar-refractivity contribution in [3.8, 4) is 22.6 Å². The van der Waals surface area contributed by atoms with Gasteiger partial charge in [0.05, 0.1) is 17.1 Å². The summed E-state index contributed by atoms with van der Waals surface area (Å²) in [6, 6.07) is 23.5. The lowest BCUT2D eigenvalue weighted by atomic mass is 10.1. The van der Waals surface area contributed by atoms with Crippen molar-refractivity contribution in [3.63, 3.8) is 0 Å². The van der Waals surface area contributed by atoms with E-state index in [0.29, 0.717) is 0 Å². The summed E-state index contributed by atoms with van der Waals surface area (Å²) in [6.07, 6.45) is 1.76. The summed E-state index contributed by atoms with van der Waals surface area (Å²) in [7, 11) is -0.356. The van der Waals surface area contributed by atoms with Crippen LogP contribution in [0, 0.1) is 0 Å². The molecule has 0 saturated heterocycles. The number of aryl methyl sites for hydroxylation is 1. The minimum absolute atomic E-state index is 0.356.